The summed E-state index contributed by atoms with van der Waals surface area (Å²) in [6.07, 6.45) is 3.83. The summed E-state index contributed by atoms with van der Waals surface area (Å²) in [5, 5.41) is 0. The topological polar surface area (TPSA) is 26.3 Å². The highest BCUT2D eigenvalue weighted by Gasteiger charge is 1.98. The molecule has 0 atom stereocenters. The van der Waals surface area contributed by atoms with Crippen molar-refractivity contribution in [3.8, 4) is 0 Å². The van der Waals surface area contributed by atoms with Crippen LogP contribution in [0, 0.1) is 0 Å². The molecule has 0 bridgehead atoms. The first-order valence-corrected chi connectivity index (χ1v) is 3.96. The zero-order valence-corrected chi connectivity index (χ0v) is 10.2. The number of hydrogen-bond acceptors (Lipinski definition) is 2. The van der Waals surface area contributed by atoms with Gasteiger partial charge in [0.05, 0.1) is 6.61 Å². The fourth-order valence-corrected chi connectivity index (χ4v) is 0.752. The van der Waals surface area contributed by atoms with E-state index in [1.807, 2.05) is 6.92 Å². The molecule has 0 aromatic heterocycles. The number of ether oxygens (including phenoxy) is 1. The lowest BCUT2D eigenvalue weighted by molar-refractivity contribution is -0.143. The lowest BCUT2D eigenvalue weighted by Gasteiger charge is -1.99. The van der Waals surface area contributed by atoms with Crippen LogP contribution in [0.15, 0.2) is 0 Å². The molecule has 0 rings (SSSR count). The minimum atomic E-state index is -0.0593. The molecule has 12 heavy (non-hydrogen) atoms. The second-order valence-corrected chi connectivity index (χ2v) is 2.26. The van der Waals surface area contributed by atoms with Gasteiger partial charge in [-0.25, -0.2) is 0 Å². The predicted molar refractivity (Wildman–Crippen MR) is 58.3 cm³/mol. The first kappa shape index (κ1) is 18.1. The van der Waals surface area contributed by atoms with Crippen LogP contribution in [0.1, 0.15) is 39.5 Å². The zero-order chi connectivity index (χ0) is 7.82. The molecular weight excluding hydrogens is 243 g/mol. The Morgan fingerprint density at radius 3 is 2.25 bits per heavy atom. The Balaban J connectivity index is -0.000000405. The van der Waals surface area contributed by atoms with Gasteiger partial charge in [0.15, 0.2) is 0 Å². The van der Waals surface area contributed by atoms with Crippen molar-refractivity contribution in [1.82, 2.24) is 0 Å². The van der Waals surface area contributed by atoms with Gasteiger partial charge < -0.3 is 4.74 Å². The number of rotatable bonds is 5. The molecule has 0 radical (unpaired) electrons. The first-order chi connectivity index (χ1) is 4.81. The Labute approximate surface area is 91.2 Å². The van der Waals surface area contributed by atoms with Crippen LogP contribution < -0.4 is 0 Å². The Morgan fingerprint density at radius 2 is 1.83 bits per heavy atom. The van der Waals surface area contributed by atoms with Crippen LogP contribution in [-0.4, -0.2) is 12.6 Å². The molecule has 0 fully saturated rings. The van der Waals surface area contributed by atoms with E-state index in [-0.39, 0.29) is 35.4 Å². The van der Waals surface area contributed by atoms with Crippen LogP contribution in [0.5, 0.6) is 0 Å². The number of unbranched alkanes of at least 4 members (excludes halogenated alkanes) is 2. The van der Waals surface area contributed by atoms with Gasteiger partial charge in [0, 0.05) is 6.42 Å². The molecule has 0 spiro atoms. The summed E-state index contributed by atoms with van der Waals surface area (Å²) in [6.45, 7) is 4.45. The number of hydrogen-bond donors (Lipinski definition) is 0. The largest absolute Gasteiger partial charge is 0.466 e. The van der Waals surface area contributed by atoms with Crippen molar-refractivity contribution in [2.45, 2.75) is 39.5 Å². The standard InChI is InChI=1S/C8H16O2.BrH.ClH/c1-3-5-6-7-8(9)10-4-2;;/h3-7H2,1-2H3;2*1H. The minimum Gasteiger partial charge on any atom is -0.466 e. The molecule has 0 unspecified atom stereocenters. The maximum absolute atomic E-state index is 10.7. The van der Waals surface area contributed by atoms with Crippen LogP contribution >= 0.6 is 29.4 Å². The highest BCUT2D eigenvalue weighted by molar-refractivity contribution is 8.93. The third-order valence-electron chi connectivity index (χ3n) is 1.29. The van der Waals surface area contributed by atoms with Crippen LogP contribution in [0.2, 0.25) is 0 Å². The molecule has 0 N–H and O–H groups in total. The molecule has 0 heterocycles. The quantitative estimate of drug-likeness (QED) is 0.561. The van der Waals surface area contributed by atoms with E-state index in [4.69, 9.17) is 4.74 Å². The lowest BCUT2D eigenvalue weighted by Crippen LogP contribution is -2.02. The number of esters is 1. The van der Waals surface area contributed by atoms with Gasteiger partial charge in [-0.1, -0.05) is 19.8 Å². The fourth-order valence-electron chi connectivity index (χ4n) is 0.752. The van der Waals surface area contributed by atoms with Crippen molar-refractivity contribution >= 4 is 35.4 Å². The Morgan fingerprint density at radius 1 is 1.25 bits per heavy atom. The summed E-state index contributed by atoms with van der Waals surface area (Å²) in [7, 11) is 0. The second-order valence-electron chi connectivity index (χ2n) is 2.26. The zero-order valence-electron chi connectivity index (χ0n) is 7.67. The van der Waals surface area contributed by atoms with Crippen molar-refractivity contribution in [2.24, 2.45) is 0 Å². The van der Waals surface area contributed by atoms with E-state index in [0.717, 1.165) is 19.3 Å². The fraction of sp³-hybridized carbons (Fsp3) is 0.875. The summed E-state index contributed by atoms with van der Waals surface area (Å²) >= 11 is 0. The van der Waals surface area contributed by atoms with Crippen LogP contribution in [0.3, 0.4) is 0 Å². The van der Waals surface area contributed by atoms with E-state index in [1.165, 1.54) is 0 Å². The first-order valence-electron chi connectivity index (χ1n) is 3.96. The maximum Gasteiger partial charge on any atom is 0.305 e. The van der Waals surface area contributed by atoms with Crippen molar-refractivity contribution in [2.75, 3.05) is 6.61 Å². The molecule has 4 heteroatoms. The summed E-state index contributed by atoms with van der Waals surface area (Å²) in [6, 6.07) is 0. The van der Waals surface area contributed by atoms with E-state index in [2.05, 4.69) is 6.92 Å². The van der Waals surface area contributed by atoms with Gasteiger partial charge in [-0.05, 0) is 13.3 Å². The number of halogens is 2. The predicted octanol–water partition coefficient (Wildman–Crippen LogP) is 3.13. The molecule has 0 aliphatic heterocycles. The van der Waals surface area contributed by atoms with Crippen LogP contribution in [0.4, 0.5) is 0 Å². The molecule has 0 saturated carbocycles. The minimum absolute atomic E-state index is 0. The van der Waals surface area contributed by atoms with Crippen molar-refractivity contribution in [1.29, 1.82) is 0 Å². The Kier molecular flexibility index (Phi) is 20.8. The normalized spacial score (nSPS) is 7.83. The van der Waals surface area contributed by atoms with Crippen LogP contribution in [-0.2, 0) is 9.53 Å². The van der Waals surface area contributed by atoms with Gasteiger partial charge in [-0.15, -0.1) is 29.4 Å². The van der Waals surface area contributed by atoms with Gasteiger partial charge >= 0.3 is 5.97 Å². The SMILES string of the molecule is Br.CCCCCC(=O)OCC.Cl. The van der Waals surface area contributed by atoms with E-state index in [1.54, 1.807) is 0 Å². The van der Waals surface area contributed by atoms with Gasteiger partial charge in [-0.2, -0.15) is 0 Å². The third-order valence-corrected chi connectivity index (χ3v) is 1.29. The summed E-state index contributed by atoms with van der Waals surface area (Å²) in [5.41, 5.74) is 0. The smallest absolute Gasteiger partial charge is 0.305 e. The Bertz CT molecular complexity index is 99.1. The molecule has 76 valence electrons. The summed E-state index contributed by atoms with van der Waals surface area (Å²) in [5.74, 6) is -0.0593. The van der Waals surface area contributed by atoms with Gasteiger partial charge in [0.2, 0.25) is 0 Å². The number of carbonyl (C=O) groups excluding carboxylic acids is 1. The van der Waals surface area contributed by atoms with E-state index in [9.17, 15) is 4.79 Å². The number of carbonyl (C=O) groups is 1. The molecule has 2 nitrogen and oxygen atoms in total. The Hall–Kier alpha value is 0.240. The molecule has 0 aromatic rings. The van der Waals surface area contributed by atoms with E-state index >= 15 is 0 Å². The molecule has 0 aromatic carbocycles. The highest BCUT2D eigenvalue weighted by atomic mass is 79.9. The molecule has 0 amide bonds. The summed E-state index contributed by atoms with van der Waals surface area (Å²) < 4.78 is 4.75. The van der Waals surface area contributed by atoms with Gasteiger partial charge in [0.25, 0.3) is 0 Å². The average Bonchev–Trinajstić information content (AvgIpc) is 1.89. The second kappa shape index (κ2) is 13.8. The van der Waals surface area contributed by atoms with Gasteiger partial charge in [-0.3, -0.25) is 4.79 Å². The van der Waals surface area contributed by atoms with Crippen molar-refractivity contribution in [3.63, 3.8) is 0 Å². The monoisotopic (exact) mass is 260 g/mol. The van der Waals surface area contributed by atoms with E-state index < -0.39 is 0 Å². The van der Waals surface area contributed by atoms with Crippen molar-refractivity contribution in [3.05, 3.63) is 0 Å². The van der Waals surface area contributed by atoms with Gasteiger partial charge in [0.1, 0.15) is 0 Å². The average molecular weight is 262 g/mol. The lowest BCUT2D eigenvalue weighted by atomic mass is 10.2. The molecule has 0 aliphatic rings. The third kappa shape index (κ3) is 12.9. The van der Waals surface area contributed by atoms with E-state index in [0.29, 0.717) is 13.0 Å². The summed E-state index contributed by atoms with van der Waals surface area (Å²) in [4.78, 5) is 10.7. The maximum atomic E-state index is 10.7. The molecule has 0 aliphatic carbocycles. The van der Waals surface area contributed by atoms with Crippen LogP contribution in [0.25, 0.3) is 0 Å². The van der Waals surface area contributed by atoms with Crippen molar-refractivity contribution < 1.29 is 9.53 Å². The molecule has 0 saturated heterocycles. The molecular formula is C8H18BrClO2. The highest BCUT2D eigenvalue weighted by Crippen LogP contribution is 1.99.